The summed E-state index contributed by atoms with van der Waals surface area (Å²) in [4.78, 5) is 0. The molecule has 0 spiro atoms. The molecule has 0 aliphatic heterocycles. The number of ether oxygens (including phenoxy) is 1. The monoisotopic (exact) mass is 250 g/mol. The largest absolute Gasteiger partial charge is 0.378 e. The summed E-state index contributed by atoms with van der Waals surface area (Å²) < 4.78 is 5.96. The van der Waals surface area contributed by atoms with E-state index < -0.39 is 0 Å². The first-order valence-corrected chi connectivity index (χ1v) is 7.44. The summed E-state index contributed by atoms with van der Waals surface area (Å²) in [5, 5.41) is 13.0. The third-order valence-corrected chi connectivity index (χ3v) is 4.03. The third kappa shape index (κ3) is 3.96. The van der Waals surface area contributed by atoms with Crippen molar-refractivity contribution in [2.24, 2.45) is 5.92 Å². The van der Waals surface area contributed by atoms with Crippen LogP contribution in [-0.4, -0.2) is 24.3 Å². The van der Waals surface area contributed by atoms with Crippen LogP contribution in [0, 0.1) is 17.2 Å². The summed E-state index contributed by atoms with van der Waals surface area (Å²) in [7, 11) is 0. The zero-order valence-corrected chi connectivity index (χ0v) is 11.7. The van der Waals surface area contributed by atoms with Gasteiger partial charge >= 0.3 is 0 Å². The molecule has 2 aliphatic carbocycles. The van der Waals surface area contributed by atoms with Crippen LogP contribution in [0.25, 0.3) is 0 Å². The van der Waals surface area contributed by atoms with Gasteiger partial charge in [-0.2, -0.15) is 5.26 Å². The summed E-state index contributed by atoms with van der Waals surface area (Å²) in [5.41, 5.74) is -0.304. The summed E-state index contributed by atoms with van der Waals surface area (Å²) in [5.74, 6) is 0.693. The highest BCUT2D eigenvalue weighted by molar-refractivity contribution is 5.12. The van der Waals surface area contributed by atoms with Gasteiger partial charge in [-0.15, -0.1) is 0 Å². The second-order valence-electron chi connectivity index (χ2n) is 6.38. The summed E-state index contributed by atoms with van der Waals surface area (Å²) in [6, 6.07) is 3.12. The number of hydrogen-bond acceptors (Lipinski definition) is 3. The lowest BCUT2D eigenvalue weighted by molar-refractivity contribution is 0.00427. The van der Waals surface area contributed by atoms with E-state index in [9.17, 15) is 5.26 Å². The zero-order chi connectivity index (χ0) is 13.0. The van der Waals surface area contributed by atoms with Crippen molar-refractivity contribution in [1.82, 2.24) is 5.32 Å². The lowest BCUT2D eigenvalue weighted by atomic mass is 9.81. The normalized spacial score (nSPS) is 32.4. The van der Waals surface area contributed by atoms with E-state index in [0.717, 1.165) is 38.7 Å². The van der Waals surface area contributed by atoms with E-state index in [-0.39, 0.29) is 11.6 Å². The van der Waals surface area contributed by atoms with Crippen molar-refractivity contribution in [3.63, 3.8) is 0 Å². The fourth-order valence-electron chi connectivity index (χ4n) is 2.72. The Kier molecular flexibility index (Phi) is 4.64. The zero-order valence-electron chi connectivity index (χ0n) is 11.7. The van der Waals surface area contributed by atoms with Crippen molar-refractivity contribution in [1.29, 1.82) is 5.26 Å². The van der Waals surface area contributed by atoms with Gasteiger partial charge in [0, 0.05) is 19.1 Å². The highest BCUT2D eigenvalue weighted by Crippen LogP contribution is 2.33. The Morgan fingerprint density at radius 2 is 2.17 bits per heavy atom. The molecule has 0 aromatic rings. The Morgan fingerprint density at radius 1 is 1.39 bits per heavy atom. The summed E-state index contributed by atoms with van der Waals surface area (Å²) in [6.07, 6.45) is 7.97. The fraction of sp³-hybridized carbons (Fsp3) is 0.933. The molecule has 0 bridgehead atoms. The number of nitriles is 1. The maximum Gasteiger partial charge on any atom is 0.109 e. The lowest BCUT2D eigenvalue weighted by Gasteiger charge is -2.36. The van der Waals surface area contributed by atoms with Gasteiger partial charge < -0.3 is 4.74 Å². The standard InChI is InChI=1S/C15H26N2O/c1-12(2)7-9-18-14-4-3-8-15(10-14,11-16)17-13-5-6-13/h12-14,17H,3-10H2,1-2H3. The van der Waals surface area contributed by atoms with E-state index in [2.05, 4.69) is 25.2 Å². The molecule has 0 aromatic heterocycles. The highest BCUT2D eigenvalue weighted by Gasteiger charge is 2.40. The third-order valence-electron chi connectivity index (χ3n) is 4.03. The first kappa shape index (κ1) is 13.8. The summed E-state index contributed by atoms with van der Waals surface area (Å²) >= 11 is 0. The Labute approximate surface area is 111 Å². The maximum atomic E-state index is 9.48. The van der Waals surface area contributed by atoms with Crippen LogP contribution < -0.4 is 5.32 Å². The predicted octanol–water partition coefficient (Wildman–Crippen LogP) is 3.01. The average molecular weight is 250 g/mol. The van der Waals surface area contributed by atoms with Crippen LogP contribution in [0.3, 0.4) is 0 Å². The van der Waals surface area contributed by atoms with Crippen molar-refractivity contribution < 1.29 is 4.74 Å². The van der Waals surface area contributed by atoms with Gasteiger partial charge in [-0.25, -0.2) is 0 Å². The molecule has 2 fully saturated rings. The molecule has 0 heterocycles. The van der Waals surface area contributed by atoms with Crippen LogP contribution in [0.1, 0.15) is 58.8 Å². The van der Waals surface area contributed by atoms with Crippen molar-refractivity contribution in [3.8, 4) is 6.07 Å². The Bertz CT molecular complexity index is 306. The minimum absolute atomic E-state index is 0.281. The van der Waals surface area contributed by atoms with E-state index in [1.54, 1.807) is 0 Å². The highest BCUT2D eigenvalue weighted by atomic mass is 16.5. The first-order valence-electron chi connectivity index (χ1n) is 7.44. The predicted molar refractivity (Wildman–Crippen MR) is 72.2 cm³/mol. The first-order chi connectivity index (χ1) is 8.63. The molecule has 2 aliphatic rings. The molecule has 0 amide bonds. The Morgan fingerprint density at radius 3 is 2.78 bits per heavy atom. The average Bonchev–Trinajstić information content (AvgIpc) is 3.13. The fourth-order valence-corrected chi connectivity index (χ4v) is 2.72. The molecule has 2 rings (SSSR count). The van der Waals surface area contributed by atoms with Crippen LogP contribution in [0.5, 0.6) is 0 Å². The minimum atomic E-state index is -0.304. The Hall–Kier alpha value is -0.590. The second kappa shape index (κ2) is 6.04. The lowest BCUT2D eigenvalue weighted by Crippen LogP contribution is -2.50. The molecule has 1 N–H and O–H groups in total. The van der Waals surface area contributed by atoms with E-state index in [1.807, 2.05) is 0 Å². The molecule has 3 nitrogen and oxygen atoms in total. The van der Waals surface area contributed by atoms with E-state index in [1.165, 1.54) is 12.8 Å². The molecule has 2 atom stereocenters. The van der Waals surface area contributed by atoms with E-state index in [0.29, 0.717) is 12.0 Å². The van der Waals surface area contributed by atoms with Gasteiger partial charge in [0.05, 0.1) is 12.2 Å². The van der Waals surface area contributed by atoms with Crippen LogP contribution in [0.15, 0.2) is 0 Å². The molecule has 0 saturated heterocycles. The summed E-state index contributed by atoms with van der Waals surface area (Å²) in [6.45, 7) is 5.28. The van der Waals surface area contributed by atoms with Crippen molar-refractivity contribution >= 4 is 0 Å². The van der Waals surface area contributed by atoms with Gasteiger partial charge in [0.1, 0.15) is 5.54 Å². The Balaban J connectivity index is 1.80. The minimum Gasteiger partial charge on any atom is -0.378 e. The number of hydrogen-bond donors (Lipinski definition) is 1. The quantitative estimate of drug-likeness (QED) is 0.788. The molecular weight excluding hydrogens is 224 g/mol. The van der Waals surface area contributed by atoms with Crippen LogP contribution in [-0.2, 0) is 4.74 Å². The number of nitrogens with zero attached hydrogens (tertiary/aromatic N) is 1. The molecule has 18 heavy (non-hydrogen) atoms. The van der Waals surface area contributed by atoms with Gasteiger partial charge in [0.25, 0.3) is 0 Å². The molecule has 0 radical (unpaired) electrons. The van der Waals surface area contributed by atoms with Gasteiger partial charge in [-0.3, -0.25) is 5.32 Å². The number of nitrogens with one attached hydrogen (secondary N) is 1. The van der Waals surface area contributed by atoms with Crippen molar-refractivity contribution in [2.75, 3.05) is 6.61 Å². The van der Waals surface area contributed by atoms with Crippen LogP contribution in [0.4, 0.5) is 0 Å². The SMILES string of the molecule is CC(C)CCOC1CCCC(C#N)(NC2CC2)C1. The van der Waals surface area contributed by atoms with Gasteiger partial charge in [-0.1, -0.05) is 13.8 Å². The van der Waals surface area contributed by atoms with Gasteiger partial charge in [0.2, 0.25) is 0 Å². The van der Waals surface area contributed by atoms with Crippen LogP contribution in [0.2, 0.25) is 0 Å². The van der Waals surface area contributed by atoms with E-state index >= 15 is 0 Å². The molecule has 102 valence electrons. The van der Waals surface area contributed by atoms with Crippen molar-refractivity contribution in [3.05, 3.63) is 0 Å². The molecule has 0 aromatic carbocycles. The maximum absolute atomic E-state index is 9.48. The smallest absolute Gasteiger partial charge is 0.109 e. The molecule has 2 unspecified atom stereocenters. The molecule has 3 heteroatoms. The van der Waals surface area contributed by atoms with Crippen LogP contribution >= 0.6 is 0 Å². The second-order valence-corrected chi connectivity index (χ2v) is 6.38. The van der Waals surface area contributed by atoms with E-state index in [4.69, 9.17) is 4.74 Å². The van der Waals surface area contributed by atoms with Crippen molar-refractivity contribution in [2.45, 2.75) is 76.5 Å². The van der Waals surface area contributed by atoms with Gasteiger partial charge in [-0.05, 0) is 44.4 Å². The molecular formula is C15H26N2O. The van der Waals surface area contributed by atoms with Gasteiger partial charge in [0.15, 0.2) is 0 Å². The number of rotatable bonds is 6. The molecule has 2 saturated carbocycles. The topological polar surface area (TPSA) is 45.0 Å².